The molecular weight excluding hydrogens is 268 g/mol. The van der Waals surface area contributed by atoms with E-state index in [1.807, 2.05) is 20.8 Å². The first-order valence-electron chi connectivity index (χ1n) is 6.07. The number of aliphatic carboxylic acids is 2. The van der Waals surface area contributed by atoms with Crippen LogP contribution in [0.25, 0.3) is 0 Å². The van der Waals surface area contributed by atoms with Gasteiger partial charge in [-0.1, -0.05) is 0 Å². The monoisotopic (exact) mass is 290 g/mol. The molecule has 0 aromatic heterocycles. The molecule has 0 unspecified atom stereocenters. The van der Waals surface area contributed by atoms with Crippen molar-refractivity contribution in [1.29, 1.82) is 0 Å². The Morgan fingerprint density at radius 1 is 1.10 bits per heavy atom. The number of rotatable bonds is 4. The van der Waals surface area contributed by atoms with Gasteiger partial charge in [0.2, 0.25) is 0 Å². The van der Waals surface area contributed by atoms with Crippen LogP contribution in [0.3, 0.4) is 0 Å². The molecule has 0 heterocycles. The van der Waals surface area contributed by atoms with E-state index >= 15 is 0 Å². The second kappa shape index (κ2) is 10.0. The van der Waals surface area contributed by atoms with Crippen LogP contribution in [0.15, 0.2) is 0 Å². The number of nitrogens with two attached hydrogens (primary N) is 1. The predicted molar refractivity (Wildman–Crippen MR) is 67.2 cm³/mol. The van der Waals surface area contributed by atoms with E-state index in [1.54, 1.807) is 11.9 Å². The Morgan fingerprint density at radius 3 is 1.85 bits per heavy atom. The molecule has 0 rings (SSSR count). The van der Waals surface area contributed by atoms with Crippen molar-refractivity contribution in [2.24, 2.45) is 5.73 Å². The molecule has 0 spiro atoms. The second-order valence-corrected chi connectivity index (χ2v) is 4.97. The number of ether oxygens (including phenoxy) is 1. The van der Waals surface area contributed by atoms with Crippen molar-refractivity contribution in [3.63, 3.8) is 0 Å². The van der Waals surface area contributed by atoms with Gasteiger partial charge in [-0.25, -0.2) is 4.79 Å². The van der Waals surface area contributed by atoms with Crippen molar-refractivity contribution >= 4 is 18.0 Å². The fourth-order valence-corrected chi connectivity index (χ4v) is 0.924. The third-order valence-electron chi connectivity index (χ3n) is 1.82. The first-order chi connectivity index (χ1) is 9.01. The molecule has 0 saturated carbocycles. The Labute approximate surface area is 118 Å². The first-order valence-corrected chi connectivity index (χ1v) is 6.07. The van der Waals surface area contributed by atoms with Crippen LogP contribution >= 0.6 is 0 Å². The number of carbonyl (C=O) groups is 3. The fourth-order valence-electron chi connectivity index (χ4n) is 0.924. The number of nitrogens with zero attached hydrogens (tertiary/aromatic N) is 1. The van der Waals surface area contributed by atoms with Gasteiger partial charge in [0, 0.05) is 13.6 Å². The molecule has 20 heavy (non-hydrogen) atoms. The van der Waals surface area contributed by atoms with Crippen LogP contribution in [0, 0.1) is 0 Å². The molecule has 0 fully saturated rings. The number of amides is 1. The minimum atomic E-state index is -2.19. The van der Waals surface area contributed by atoms with E-state index in [9.17, 15) is 4.79 Å². The molecule has 1 amide bonds. The lowest BCUT2D eigenvalue weighted by Gasteiger charge is -2.24. The third-order valence-corrected chi connectivity index (χ3v) is 1.82. The molecule has 0 radical (unpaired) electrons. The molecule has 0 aliphatic rings. The first kappa shape index (κ1) is 20.5. The number of carboxylic acid groups (broad SMARTS) is 2. The van der Waals surface area contributed by atoms with Gasteiger partial charge in [-0.3, -0.25) is 0 Å². The molecule has 0 aromatic carbocycles. The zero-order valence-corrected chi connectivity index (χ0v) is 12.3. The van der Waals surface area contributed by atoms with E-state index in [-0.39, 0.29) is 6.09 Å². The summed E-state index contributed by atoms with van der Waals surface area (Å²) in [5.41, 5.74) is 4.94. The van der Waals surface area contributed by atoms with E-state index < -0.39 is 17.5 Å². The summed E-state index contributed by atoms with van der Waals surface area (Å²) in [6, 6.07) is 0. The molecule has 0 aliphatic carbocycles. The fraction of sp³-hybridized carbons (Fsp3) is 0.750. The van der Waals surface area contributed by atoms with Crippen molar-refractivity contribution in [2.45, 2.75) is 39.2 Å². The van der Waals surface area contributed by atoms with Gasteiger partial charge in [0.05, 0.1) is 11.9 Å². The average molecular weight is 290 g/mol. The van der Waals surface area contributed by atoms with Crippen molar-refractivity contribution in [3.05, 3.63) is 0 Å². The highest BCUT2D eigenvalue weighted by Gasteiger charge is 2.18. The third kappa shape index (κ3) is 14.2. The topological polar surface area (TPSA) is 136 Å². The quantitative estimate of drug-likeness (QED) is 0.470. The lowest BCUT2D eigenvalue weighted by atomic mass is 10.2. The van der Waals surface area contributed by atoms with Crippen molar-refractivity contribution < 1.29 is 29.3 Å². The van der Waals surface area contributed by atoms with E-state index in [0.717, 1.165) is 12.8 Å². The van der Waals surface area contributed by atoms with E-state index in [2.05, 4.69) is 0 Å². The Hall–Kier alpha value is -1.83. The summed E-state index contributed by atoms with van der Waals surface area (Å²) in [4.78, 5) is 30.9. The van der Waals surface area contributed by atoms with Crippen LogP contribution in [-0.2, 0) is 14.3 Å². The number of hydrogen-bond donors (Lipinski definition) is 1. The number of hydrogen-bond acceptors (Lipinski definition) is 7. The van der Waals surface area contributed by atoms with Gasteiger partial charge in [-0.05, 0) is 40.2 Å². The summed E-state index contributed by atoms with van der Waals surface area (Å²) in [7, 11) is 1.74. The van der Waals surface area contributed by atoms with Crippen molar-refractivity contribution in [3.8, 4) is 0 Å². The minimum Gasteiger partial charge on any atom is -0.543 e. The summed E-state index contributed by atoms with van der Waals surface area (Å²) in [5, 5.41) is 17.9. The molecule has 0 aliphatic heterocycles. The summed E-state index contributed by atoms with van der Waals surface area (Å²) in [6.45, 7) is 6.95. The predicted octanol–water partition coefficient (Wildman–Crippen LogP) is -1.92. The zero-order valence-electron chi connectivity index (χ0n) is 12.3. The van der Waals surface area contributed by atoms with Crippen LogP contribution < -0.4 is 15.9 Å². The Kier molecular flexibility index (Phi) is 10.3. The molecule has 8 nitrogen and oxygen atoms in total. The summed E-state index contributed by atoms with van der Waals surface area (Å²) < 4.78 is 5.19. The average Bonchev–Trinajstić information content (AvgIpc) is 2.27. The van der Waals surface area contributed by atoms with Crippen LogP contribution in [0.4, 0.5) is 4.79 Å². The zero-order chi connectivity index (χ0) is 16.3. The van der Waals surface area contributed by atoms with Crippen molar-refractivity contribution in [1.82, 2.24) is 4.90 Å². The summed E-state index contributed by atoms with van der Waals surface area (Å²) >= 11 is 0. The Balaban J connectivity index is 0. The van der Waals surface area contributed by atoms with E-state index in [1.165, 1.54) is 0 Å². The highest BCUT2D eigenvalue weighted by Crippen LogP contribution is 2.09. The molecule has 2 N–H and O–H groups in total. The van der Waals surface area contributed by atoms with E-state index in [0.29, 0.717) is 13.1 Å². The minimum absolute atomic E-state index is 0.269. The molecule has 0 saturated heterocycles. The van der Waals surface area contributed by atoms with Gasteiger partial charge in [0.15, 0.2) is 0 Å². The smallest absolute Gasteiger partial charge is 0.410 e. The molecular formula is C12H22N2O6-2. The lowest BCUT2D eigenvalue weighted by molar-refractivity contribution is -0.345. The molecule has 118 valence electrons. The number of carboxylic acids is 2. The SMILES string of the molecule is CN(CCCCN)C(=O)OC(C)(C)C.O=C([O-])C(=O)[O-]. The summed E-state index contributed by atoms with van der Waals surface area (Å²) in [6.07, 6.45) is 1.59. The highest BCUT2D eigenvalue weighted by atomic mass is 16.6. The van der Waals surface area contributed by atoms with Crippen LogP contribution in [0.1, 0.15) is 33.6 Å². The van der Waals surface area contributed by atoms with Gasteiger partial charge >= 0.3 is 6.09 Å². The molecule has 0 aromatic rings. The largest absolute Gasteiger partial charge is 0.543 e. The van der Waals surface area contributed by atoms with Crippen molar-refractivity contribution in [2.75, 3.05) is 20.1 Å². The number of carbonyl (C=O) groups excluding carboxylic acids is 3. The number of unbranched alkanes of at least 4 members (excludes halogenated alkanes) is 1. The molecule has 8 heteroatoms. The normalized spacial score (nSPS) is 10.1. The highest BCUT2D eigenvalue weighted by molar-refractivity contribution is 6.25. The van der Waals surface area contributed by atoms with Crippen LogP contribution in [-0.4, -0.2) is 48.7 Å². The Bertz CT molecular complexity index is 312. The van der Waals surface area contributed by atoms with E-state index in [4.69, 9.17) is 30.3 Å². The Morgan fingerprint density at radius 2 is 1.55 bits per heavy atom. The van der Waals surface area contributed by atoms with Gasteiger partial charge in [-0.15, -0.1) is 0 Å². The maximum Gasteiger partial charge on any atom is 0.410 e. The lowest BCUT2D eigenvalue weighted by Crippen LogP contribution is -2.42. The second-order valence-electron chi connectivity index (χ2n) is 4.97. The van der Waals surface area contributed by atoms with Gasteiger partial charge in [-0.2, -0.15) is 0 Å². The van der Waals surface area contributed by atoms with Gasteiger partial charge in [0.25, 0.3) is 0 Å². The van der Waals surface area contributed by atoms with Crippen LogP contribution in [0.2, 0.25) is 0 Å². The van der Waals surface area contributed by atoms with Crippen LogP contribution in [0.5, 0.6) is 0 Å². The molecule has 0 atom stereocenters. The maximum absolute atomic E-state index is 11.4. The summed E-state index contributed by atoms with van der Waals surface area (Å²) in [5.74, 6) is -4.37. The van der Waals surface area contributed by atoms with Gasteiger partial charge < -0.3 is 35.2 Å². The standard InChI is InChI=1S/C10H22N2O2.C2H2O4/c1-10(2,3)14-9(13)12(4)8-6-5-7-11;3-1(4)2(5)6/h5-8,11H2,1-4H3;(H,3,4)(H,5,6)/p-2. The maximum atomic E-state index is 11.4. The van der Waals surface area contributed by atoms with Gasteiger partial charge in [0.1, 0.15) is 5.60 Å². The molecule has 0 bridgehead atoms.